The first kappa shape index (κ1) is 19.1. The molecule has 1 atom stereocenters. The number of hydrogen-bond donors (Lipinski definition) is 3. The van der Waals surface area contributed by atoms with Crippen molar-refractivity contribution < 1.29 is 31.5 Å². The fraction of sp³-hybridized carbons (Fsp3) is 0.375. The number of ether oxygens (including phenoxy) is 1. The number of alkyl halides is 5. The van der Waals surface area contributed by atoms with E-state index in [2.05, 4.69) is 20.3 Å². The van der Waals surface area contributed by atoms with Crippen LogP contribution < -0.4 is 15.4 Å². The van der Waals surface area contributed by atoms with Crippen LogP contribution in [0, 0.1) is 0 Å². The number of H-pyrrole nitrogens is 1. The van der Waals surface area contributed by atoms with Gasteiger partial charge in [-0.25, -0.2) is 0 Å². The Morgan fingerprint density at radius 3 is 2.70 bits per heavy atom. The molecule has 1 aromatic heterocycles. The number of nitrogens with one attached hydrogen (secondary N) is 3. The van der Waals surface area contributed by atoms with Gasteiger partial charge in [0.05, 0.1) is 0 Å². The predicted molar refractivity (Wildman–Crippen MR) is 83.3 cm³/mol. The zero-order valence-corrected chi connectivity index (χ0v) is 13.7. The van der Waals surface area contributed by atoms with Gasteiger partial charge in [0, 0.05) is 36.3 Å². The lowest BCUT2D eigenvalue weighted by Gasteiger charge is -2.24. The fourth-order valence-electron chi connectivity index (χ4n) is 2.87. The molecule has 27 heavy (non-hydrogen) atoms. The van der Waals surface area contributed by atoms with E-state index in [4.69, 9.17) is 0 Å². The normalized spacial score (nSPS) is 15.3. The number of hydrogen-bond acceptors (Lipinski definition) is 4. The van der Waals surface area contributed by atoms with E-state index in [0.717, 1.165) is 12.1 Å². The Labute approximate surface area is 150 Å². The van der Waals surface area contributed by atoms with Crippen LogP contribution in [0.15, 0.2) is 24.3 Å². The monoisotopic (exact) mass is 390 g/mol. The van der Waals surface area contributed by atoms with E-state index < -0.39 is 36.0 Å². The van der Waals surface area contributed by atoms with Crippen LogP contribution >= 0.6 is 0 Å². The molecule has 0 saturated heterocycles. The van der Waals surface area contributed by atoms with E-state index in [1.807, 2.05) is 5.32 Å². The molecule has 2 aromatic rings. The lowest BCUT2D eigenvalue weighted by Crippen LogP contribution is -2.39. The van der Waals surface area contributed by atoms with Gasteiger partial charge in [-0.3, -0.25) is 9.89 Å². The summed E-state index contributed by atoms with van der Waals surface area (Å²) >= 11 is 0. The van der Waals surface area contributed by atoms with Crippen molar-refractivity contribution in [2.45, 2.75) is 31.8 Å². The van der Waals surface area contributed by atoms with Crippen molar-refractivity contribution >= 4 is 5.91 Å². The van der Waals surface area contributed by atoms with Crippen molar-refractivity contribution in [3.05, 3.63) is 46.8 Å². The summed E-state index contributed by atoms with van der Waals surface area (Å²) in [4.78, 5) is 12.4. The number of aromatic nitrogens is 2. The van der Waals surface area contributed by atoms with E-state index in [9.17, 15) is 26.7 Å². The summed E-state index contributed by atoms with van der Waals surface area (Å²) in [6.45, 7) is -2.36. The maximum Gasteiger partial charge on any atom is 0.413 e. The van der Waals surface area contributed by atoms with Crippen LogP contribution in [0.4, 0.5) is 22.0 Å². The molecule has 6 nitrogen and oxygen atoms in total. The van der Waals surface area contributed by atoms with Gasteiger partial charge in [-0.15, -0.1) is 0 Å². The fourth-order valence-corrected chi connectivity index (χ4v) is 2.87. The smallest absolute Gasteiger partial charge is 0.413 e. The van der Waals surface area contributed by atoms with E-state index in [0.29, 0.717) is 24.2 Å². The van der Waals surface area contributed by atoms with Gasteiger partial charge in [0.25, 0.3) is 5.91 Å². The Hall–Kier alpha value is -2.69. The second-order valence-electron chi connectivity index (χ2n) is 5.82. The number of carbonyl (C=O) groups excluding carboxylic acids is 1. The third kappa shape index (κ3) is 4.18. The minimum absolute atomic E-state index is 0.168. The van der Waals surface area contributed by atoms with Crippen LogP contribution in [0.2, 0.25) is 0 Å². The molecule has 1 amide bonds. The summed E-state index contributed by atoms with van der Waals surface area (Å²) in [5.41, 5.74) is 0.362. The zero-order valence-electron chi connectivity index (χ0n) is 13.7. The molecule has 1 aliphatic heterocycles. The molecular formula is C16H15F5N4O2. The SMILES string of the molecule is O=C(NC(c1ccccc1OC(F)F)C(F)(F)F)c1n[nH]c2c1CNCC2. The Kier molecular flexibility index (Phi) is 5.31. The molecule has 0 radical (unpaired) electrons. The Balaban J connectivity index is 1.91. The summed E-state index contributed by atoms with van der Waals surface area (Å²) in [7, 11) is 0. The number of benzene rings is 1. The van der Waals surface area contributed by atoms with Crippen LogP contribution in [-0.4, -0.2) is 35.4 Å². The van der Waals surface area contributed by atoms with Gasteiger partial charge in [-0.1, -0.05) is 18.2 Å². The van der Waals surface area contributed by atoms with Crippen molar-refractivity contribution in [2.24, 2.45) is 0 Å². The number of fused-ring (bicyclic) bond motifs is 1. The number of para-hydroxylation sites is 1. The van der Waals surface area contributed by atoms with Crippen molar-refractivity contribution in [3.63, 3.8) is 0 Å². The molecule has 1 unspecified atom stereocenters. The number of nitrogens with zero attached hydrogens (tertiary/aromatic N) is 1. The first-order chi connectivity index (χ1) is 12.8. The van der Waals surface area contributed by atoms with Crippen molar-refractivity contribution in [1.29, 1.82) is 0 Å². The first-order valence-electron chi connectivity index (χ1n) is 7.95. The molecule has 1 aromatic carbocycles. The van der Waals surface area contributed by atoms with E-state index in [1.165, 1.54) is 12.1 Å². The number of rotatable bonds is 5. The van der Waals surface area contributed by atoms with E-state index >= 15 is 0 Å². The molecule has 0 aliphatic carbocycles. The zero-order chi connectivity index (χ0) is 19.6. The molecule has 0 bridgehead atoms. The van der Waals surface area contributed by atoms with Gasteiger partial charge < -0.3 is 15.4 Å². The van der Waals surface area contributed by atoms with Gasteiger partial charge >= 0.3 is 12.8 Å². The van der Waals surface area contributed by atoms with Crippen molar-refractivity contribution in [2.75, 3.05) is 6.54 Å². The molecule has 2 heterocycles. The highest BCUT2D eigenvalue weighted by molar-refractivity contribution is 5.94. The van der Waals surface area contributed by atoms with Gasteiger partial charge in [0.2, 0.25) is 0 Å². The quantitative estimate of drug-likeness (QED) is 0.686. The van der Waals surface area contributed by atoms with E-state index in [1.54, 1.807) is 0 Å². The molecule has 11 heteroatoms. The average molecular weight is 390 g/mol. The molecule has 0 fully saturated rings. The highest BCUT2D eigenvalue weighted by atomic mass is 19.4. The second-order valence-corrected chi connectivity index (χ2v) is 5.82. The number of aromatic amines is 1. The summed E-state index contributed by atoms with van der Waals surface area (Å²) in [6, 6.07) is 1.90. The second kappa shape index (κ2) is 7.51. The topological polar surface area (TPSA) is 79.0 Å². The minimum Gasteiger partial charge on any atom is -0.434 e. The lowest BCUT2D eigenvalue weighted by atomic mass is 10.0. The van der Waals surface area contributed by atoms with Crippen LogP contribution in [0.3, 0.4) is 0 Å². The first-order valence-corrected chi connectivity index (χ1v) is 7.95. The molecule has 0 spiro atoms. The Bertz CT molecular complexity index is 821. The highest BCUT2D eigenvalue weighted by Crippen LogP contribution is 2.38. The lowest BCUT2D eigenvalue weighted by molar-refractivity contribution is -0.156. The predicted octanol–water partition coefficient (Wildman–Crippen LogP) is 2.69. The summed E-state index contributed by atoms with van der Waals surface area (Å²) in [6.07, 6.45) is -4.38. The summed E-state index contributed by atoms with van der Waals surface area (Å²) < 4.78 is 69.9. The van der Waals surface area contributed by atoms with Crippen LogP contribution in [-0.2, 0) is 13.0 Å². The Morgan fingerprint density at radius 1 is 1.26 bits per heavy atom. The molecule has 3 rings (SSSR count). The minimum atomic E-state index is -4.94. The number of carbonyl (C=O) groups is 1. The number of amides is 1. The average Bonchev–Trinajstić information content (AvgIpc) is 3.03. The highest BCUT2D eigenvalue weighted by Gasteiger charge is 2.44. The van der Waals surface area contributed by atoms with Gasteiger partial charge in [-0.2, -0.15) is 27.1 Å². The Morgan fingerprint density at radius 2 is 2.00 bits per heavy atom. The third-order valence-electron chi connectivity index (χ3n) is 4.07. The van der Waals surface area contributed by atoms with Crippen LogP contribution in [0.25, 0.3) is 0 Å². The molecule has 0 saturated carbocycles. The maximum absolute atomic E-state index is 13.6. The summed E-state index contributed by atoms with van der Waals surface area (Å²) in [5, 5.41) is 11.3. The standard InChI is InChI=1S/C16H15F5N4O2/c17-15(18)27-11-4-2-1-3-8(11)13(16(19,20)21)23-14(26)12-9-7-22-6-5-10(9)24-25-12/h1-4,13,15,22H,5-7H2,(H,23,26)(H,24,25). The molecular weight excluding hydrogens is 375 g/mol. The third-order valence-corrected chi connectivity index (χ3v) is 4.07. The van der Waals surface area contributed by atoms with Gasteiger partial charge in [0.1, 0.15) is 5.75 Å². The van der Waals surface area contributed by atoms with E-state index in [-0.39, 0.29) is 12.2 Å². The number of halogens is 5. The van der Waals surface area contributed by atoms with Crippen molar-refractivity contribution in [1.82, 2.24) is 20.8 Å². The molecule has 146 valence electrons. The molecule has 3 N–H and O–H groups in total. The van der Waals surface area contributed by atoms with Gasteiger partial charge in [-0.05, 0) is 6.07 Å². The maximum atomic E-state index is 13.6. The largest absolute Gasteiger partial charge is 0.434 e. The van der Waals surface area contributed by atoms with Crippen LogP contribution in [0.1, 0.15) is 33.4 Å². The summed E-state index contributed by atoms with van der Waals surface area (Å²) in [5.74, 6) is -1.73. The van der Waals surface area contributed by atoms with Crippen LogP contribution in [0.5, 0.6) is 5.75 Å². The van der Waals surface area contributed by atoms with Crippen molar-refractivity contribution in [3.8, 4) is 5.75 Å². The van der Waals surface area contributed by atoms with Gasteiger partial charge in [0.15, 0.2) is 11.7 Å². The molecule has 1 aliphatic rings.